The third-order valence-corrected chi connectivity index (χ3v) is 5.25. The van der Waals surface area contributed by atoms with Crippen molar-refractivity contribution in [3.8, 4) is 11.8 Å². The highest BCUT2D eigenvalue weighted by Crippen LogP contribution is 2.30. The molecule has 158 valence electrons. The molecule has 5 nitrogen and oxygen atoms in total. The zero-order valence-electron chi connectivity index (χ0n) is 17.2. The standard InChI is InChI=1S/C26H19FN2O3/c1-32-23-10-11-24-21(12-20(14-28)18-4-6-19(7-5-18)26(30)31)16-29(25(24)13-23)15-17-2-8-22(27)9-3-17/h2-13,16H,15H2,1H3,(H,30,31). The van der Waals surface area contributed by atoms with Crippen molar-refractivity contribution in [3.05, 3.63) is 101 Å². The Labute approximate surface area is 184 Å². The van der Waals surface area contributed by atoms with Crippen LogP contribution in [-0.2, 0) is 6.54 Å². The van der Waals surface area contributed by atoms with Crippen molar-refractivity contribution < 1.29 is 19.0 Å². The van der Waals surface area contributed by atoms with E-state index in [1.807, 2.05) is 29.0 Å². The number of methoxy groups -OCH3 is 1. The number of aromatic nitrogens is 1. The second-order valence-electron chi connectivity index (χ2n) is 7.27. The molecule has 32 heavy (non-hydrogen) atoms. The Hall–Kier alpha value is -4.37. The fourth-order valence-electron chi connectivity index (χ4n) is 3.59. The number of hydrogen-bond donors (Lipinski definition) is 1. The van der Waals surface area contributed by atoms with E-state index in [2.05, 4.69) is 6.07 Å². The van der Waals surface area contributed by atoms with Crippen LogP contribution in [0.15, 0.2) is 72.9 Å². The van der Waals surface area contributed by atoms with Crippen molar-refractivity contribution in [1.29, 1.82) is 5.26 Å². The monoisotopic (exact) mass is 426 g/mol. The summed E-state index contributed by atoms with van der Waals surface area (Å²) in [6, 6.07) is 20.5. The van der Waals surface area contributed by atoms with Gasteiger partial charge >= 0.3 is 5.97 Å². The van der Waals surface area contributed by atoms with E-state index >= 15 is 0 Å². The molecule has 0 amide bonds. The van der Waals surface area contributed by atoms with Crippen LogP contribution in [-0.4, -0.2) is 22.8 Å². The maximum absolute atomic E-state index is 13.3. The first kappa shape index (κ1) is 20.9. The minimum atomic E-state index is -1.02. The van der Waals surface area contributed by atoms with E-state index in [1.54, 1.807) is 37.5 Å². The smallest absolute Gasteiger partial charge is 0.335 e. The van der Waals surface area contributed by atoms with Crippen LogP contribution in [0.3, 0.4) is 0 Å². The van der Waals surface area contributed by atoms with Crippen molar-refractivity contribution >= 4 is 28.5 Å². The summed E-state index contributed by atoms with van der Waals surface area (Å²) in [4.78, 5) is 11.1. The lowest BCUT2D eigenvalue weighted by atomic mass is 10.0. The second-order valence-corrected chi connectivity index (χ2v) is 7.27. The van der Waals surface area contributed by atoms with Gasteiger partial charge in [0.2, 0.25) is 0 Å². The molecule has 1 heterocycles. The lowest BCUT2D eigenvalue weighted by molar-refractivity contribution is 0.0697. The first-order chi connectivity index (χ1) is 15.5. The Bertz CT molecular complexity index is 1360. The first-order valence-electron chi connectivity index (χ1n) is 9.85. The van der Waals surface area contributed by atoms with Gasteiger partial charge in [0.05, 0.1) is 29.8 Å². The number of halogens is 1. The van der Waals surface area contributed by atoms with Gasteiger partial charge in [-0.25, -0.2) is 9.18 Å². The van der Waals surface area contributed by atoms with E-state index in [4.69, 9.17) is 9.84 Å². The molecule has 0 aliphatic carbocycles. The van der Waals surface area contributed by atoms with Crippen LogP contribution in [0.4, 0.5) is 4.39 Å². The predicted molar refractivity (Wildman–Crippen MR) is 121 cm³/mol. The van der Waals surface area contributed by atoms with E-state index in [9.17, 15) is 14.4 Å². The molecule has 4 aromatic rings. The third kappa shape index (κ3) is 4.23. The van der Waals surface area contributed by atoms with Gasteiger partial charge in [0.15, 0.2) is 0 Å². The summed E-state index contributed by atoms with van der Waals surface area (Å²) in [6.45, 7) is 0.521. The average molecular weight is 426 g/mol. The zero-order chi connectivity index (χ0) is 22.7. The van der Waals surface area contributed by atoms with Crippen molar-refractivity contribution in [2.24, 2.45) is 0 Å². The highest BCUT2D eigenvalue weighted by molar-refractivity contribution is 5.99. The molecule has 0 saturated carbocycles. The van der Waals surface area contributed by atoms with Crippen molar-refractivity contribution in [2.45, 2.75) is 6.54 Å². The second kappa shape index (κ2) is 8.78. The number of hydrogen-bond acceptors (Lipinski definition) is 3. The number of benzene rings is 3. The van der Waals surface area contributed by atoms with Crippen LogP contribution in [0.25, 0.3) is 22.6 Å². The number of aromatic carboxylic acids is 1. The molecule has 1 aromatic heterocycles. The van der Waals surface area contributed by atoms with Crippen LogP contribution < -0.4 is 4.74 Å². The van der Waals surface area contributed by atoms with Gasteiger partial charge in [0, 0.05) is 29.8 Å². The summed E-state index contributed by atoms with van der Waals surface area (Å²) in [5.74, 6) is -0.600. The first-order valence-corrected chi connectivity index (χ1v) is 9.85. The molecular formula is C26H19FN2O3. The molecule has 1 N–H and O–H groups in total. The van der Waals surface area contributed by atoms with Crippen LogP contribution in [0.1, 0.15) is 27.0 Å². The van der Waals surface area contributed by atoms with Crippen molar-refractivity contribution in [2.75, 3.05) is 7.11 Å². The fraction of sp³-hybridized carbons (Fsp3) is 0.0769. The molecule has 0 aliphatic heterocycles. The maximum Gasteiger partial charge on any atom is 0.335 e. The molecule has 0 aliphatic rings. The molecular weight excluding hydrogens is 407 g/mol. The lowest BCUT2D eigenvalue weighted by Gasteiger charge is -2.07. The molecule has 0 bridgehead atoms. The molecule has 0 unspecified atom stereocenters. The Kier molecular flexibility index (Phi) is 5.73. The maximum atomic E-state index is 13.3. The summed E-state index contributed by atoms with van der Waals surface area (Å²) >= 11 is 0. The molecule has 3 aromatic carbocycles. The Balaban J connectivity index is 1.79. The summed E-state index contributed by atoms with van der Waals surface area (Å²) < 4.78 is 20.7. The number of carboxylic acid groups (broad SMARTS) is 1. The predicted octanol–water partition coefficient (Wildman–Crippen LogP) is 5.60. The molecule has 0 fully saturated rings. The summed E-state index contributed by atoms with van der Waals surface area (Å²) in [7, 11) is 1.60. The minimum absolute atomic E-state index is 0.161. The number of carboxylic acids is 1. The summed E-state index contributed by atoms with van der Waals surface area (Å²) in [5, 5.41) is 19.8. The van der Waals surface area contributed by atoms with Crippen LogP contribution in [0.5, 0.6) is 5.75 Å². The molecule has 0 atom stereocenters. The Morgan fingerprint density at radius 2 is 1.78 bits per heavy atom. The van der Waals surface area contributed by atoms with Gasteiger partial charge in [0.25, 0.3) is 0 Å². The van der Waals surface area contributed by atoms with E-state index < -0.39 is 5.97 Å². The van der Waals surface area contributed by atoms with Gasteiger partial charge in [-0.1, -0.05) is 24.3 Å². The average Bonchev–Trinajstić information content (AvgIpc) is 3.15. The molecule has 0 radical (unpaired) electrons. The summed E-state index contributed by atoms with van der Waals surface area (Å²) in [6.07, 6.45) is 3.72. The Morgan fingerprint density at radius 1 is 1.09 bits per heavy atom. The molecule has 0 spiro atoms. The Morgan fingerprint density at radius 3 is 2.41 bits per heavy atom. The van der Waals surface area contributed by atoms with E-state index in [0.29, 0.717) is 23.4 Å². The molecule has 0 saturated heterocycles. The number of nitrogens with zero attached hydrogens (tertiary/aromatic N) is 2. The number of ether oxygens (including phenoxy) is 1. The fourth-order valence-corrected chi connectivity index (χ4v) is 3.59. The highest BCUT2D eigenvalue weighted by atomic mass is 19.1. The number of fused-ring (bicyclic) bond motifs is 1. The number of rotatable bonds is 6. The quantitative estimate of drug-likeness (QED) is 0.407. The van der Waals surface area contributed by atoms with Gasteiger partial charge in [-0.05, 0) is 53.6 Å². The van der Waals surface area contributed by atoms with Gasteiger partial charge in [-0.3, -0.25) is 0 Å². The molecule has 6 heteroatoms. The van der Waals surface area contributed by atoms with Crippen LogP contribution in [0, 0.1) is 17.1 Å². The van der Waals surface area contributed by atoms with Gasteiger partial charge in [-0.15, -0.1) is 0 Å². The number of nitriles is 1. The van der Waals surface area contributed by atoms with E-state index in [0.717, 1.165) is 22.0 Å². The lowest BCUT2D eigenvalue weighted by Crippen LogP contribution is -1.98. The number of carbonyl (C=O) groups is 1. The summed E-state index contributed by atoms with van der Waals surface area (Å²) in [5.41, 5.74) is 3.89. The normalized spacial score (nSPS) is 11.3. The van der Waals surface area contributed by atoms with E-state index in [1.165, 1.54) is 24.3 Å². The van der Waals surface area contributed by atoms with Crippen LogP contribution in [0.2, 0.25) is 0 Å². The van der Waals surface area contributed by atoms with Gasteiger partial charge in [0.1, 0.15) is 11.6 Å². The SMILES string of the molecule is COc1ccc2c(C=C(C#N)c3ccc(C(=O)O)cc3)cn(Cc3ccc(F)cc3)c2c1. The zero-order valence-corrected chi connectivity index (χ0v) is 17.2. The molecule has 4 rings (SSSR count). The van der Waals surface area contributed by atoms with Gasteiger partial charge < -0.3 is 14.4 Å². The topological polar surface area (TPSA) is 75.2 Å². The highest BCUT2D eigenvalue weighted by Gasteiger charge is 2.12. The van der Waals surface area contributed by atoms with E-state index in [-0.39, 0.29) is 11.4 Å². The largest absolute Gasteiger partial charge is 0.497 e. The van der Waals surface area contributed by atoms with Crippen molar-refractivity contribution in [3.63, 3.8) is 0 Å². The number of allylic oxidation sites excluding steroid dienone is 1. The van der Waals surface area contributed by atoms with Crippen LogP contribution >= 0.6 is 0 Å². The van der Waals surface area contributed by atoms with Crippen molar-refractivity contribution in [1.82, 2.24) is 4.57 Å². The van der Waals surface area contributed by atoms with Gasteiger partial charge in [-0.2, -0.15) is 5.26 Å². The minimum Gasteiger partial charge on any atom is -0.497 e. The third-order valence-electron chi connectivity index (χ3n) is 5.25.